The lowest BCUT2D eigenvalue weighted by Crippen LogP contribution is -2.50. The summed E-state index contributed by atoms with van der Waals surface area (Å²) in [5, 5.41) is 3.37. The summed E-state index contributed by atoms with van der Waals surface area (Å²) in [4.78, 5) is 15.0. The van der Waals surface area contributed by atoms with Crippen LogP contribution in [0.3, 0.4) is 0 Å². The van der Waals surface area contributed by atoms with E-state index < -0.39 is 0 Å². The van der Waals surface area contributed by atoms with Gasteiger partial charge in [-0.25, -0.2) is 9.97 Å². The molecule has 1 aliphatic rings. The van der Waals surface area contributed by atoms with Crippen molar-refractivity contribution in [2.75, 3.05) is 37.7 Å². The molecule has 1 unspecified atom stereocenters. The van der Waals surface area contributed by atoms with Crippen LogP contribution in [0.1, 0.15) is 6.92 Å². The van der Waals surface area contributed by atoms with E-state index in [0.717, 1.165) is 31.2 Å². The molecule has 7 nitrogen and oxygen atoms in total. The van der Waals surface area contributed by atoms with Gasteiger partial charge in [-0.15, -0.1) is 0 Å². The van der Waals surface area contributed by atoms with Crippen molar-refractivity contribution in [2.24, 2.45) is 0 Å². The number of ether oxygens (including phenoxy) is 2. The van der Waals surface area contributed by atoms with Crippen molar-refractivity contribution in [2.45, 2.75) is 13.0 Å². The topological polar surface area (TPSA) is 72.4 Å². The molecule has 23 heavy (non-hydrogen) atoms. The quantitative estimate of drug-likeness (QED) is 0.801. The smallest absolute Gasteiger partial charge is 0.257 e. The number of hydrogen-bond acceptors (Lipinski definition) is 7. The molecule has 0 aliphatic carbocycles. The molecule has 1 saturated heterocycles. The minimum absolute atomic E-state index is 0.356. The lowest BCUT2D eigenvalue weighted by molar-refractivity contribution is 0.211. The van der Waals surface area contributed by atoms with Crippen LogP contribution in [0.4, 0.5) is 5.82 Å². The van der Waals surface area contributed by atoms with Crippen molar-refractivity contribution in [3.8, 4) is 11.6 Å². The maximum atomic E-state index is 5.78. The van der Waals surface area contributed by atoms with Crippen LogP contribution < -0.4 is 19.7 Å². The number of anilines is 1. The molecule has 2 aromatic heterocycles. The summed E-state index contributed by atoms with van der Waals surface area (Å²) in [7, 11) is 0. The van der Waals surface area contributed by atoms with Crippen molar-refractivity contribution in [1.29, 1.82) is 0 Å². The number of piperazine rings is 1. The van der Waals surface area contributed by atoms with Gasteiger partial charge in [0, 0.05) is 44.3 Å². The van der Waals surface area contributed by atoms with Crippen LogP contribution in [-0.2, 0) is 0 Å². The van der Waals surface area contributed by atoms with Crippen molar-refractivity contribution < 1.29 is 9.47 Å². The Morgan fingerprint density at radius 2 is 2.09 bits per heavy atom. The van der Waals surface area contributed by atoms with Gasteiger partial charge in [0.2, 0.25) is 0 Å². The first-order valence-corrected chi connectivity index (χ1v) is 7.78. The minimum Gasteiger partial charge on any atom is -0.488 e. The highest BCUT2D eigenvalue weighted by Gasteiger charge is 2.23. The van der Waals surface area contributed by atoms with E-state index in [-0.39, 0.29) is 0 Å². The second kappa shape index (κ2) is 7.73. The standard InChI is InChI=1S/C16H21N5O2/c1-13-11-18-7-8-21(13)15-16(20-6-5-19-15)23-10-9-22-14-3-2-4-17-12-14/h2-6,12-13,18H,7-11H2,1H3. The fraction of sp³-hybridized carbons (Fsp3) is 0.438. The van der Waals surface area contributed by atoms with E-state index in [1.54, 1.807) is 24.8 Å². The van der Waals surface area contributed by atoms with Crippen LogP contribution in [-0.4, -0.2) is 53.8 Å². The summed E-state index contributed by atoms with van der Waals surface area (Å²) in [6.07, 6.45) is 6.73. The van der Waals surface area contributed by atoms with Gasteiger partial charge >= 0.3 is 0 Å². The Kier molecular flexibility index (Phi) is 5.21. The van der Waals surface area contributed by atoms with Crippen molar-refractivity contribution in [1.82, 2.24) is 20.3 Å². The van der Waals surface area contributed by atoms with Crippen molar-refractivity contribution in [3.63, 3.8) is 0 Å². The van der Waals surface area contributed by atoms with E-state index >= 15 is 0 Å². The predicted molar refractivity (Wildman–Crippen MR) is 86.9 cm³/mol. The van der Waals surface area contributed by atoms with E-state index in [4.69, 9.17) is 9.47 Å². The van der Waals surface area contributed by atoms with Crippen LogP contribution >= 0.6 is 0 Å². The third-order valence-electron chi connectivity index (χ3n) is 3.65. The molecule has 3 rings (SSSR count). The zero-order valence-electron chi connectivity index (χ0n) is 13.2. The van der Waals surface area contributed by atoms with E-state index in [2.05, 4.69) is 32.1 Å². The molecule has 1 N–H and O–H groups in total. The largest absolute Gasteiger partial charge is 0.488 e. The third-order valence-corrected chi connectivity index (χ3v) is 3.65. The number of aromatic nitrogens is 3. The highest BCUT2D eigenvalue weighted by atomic mass is 16.5. The molecular formula is C16H21N5O2. The van der Waals surface area contributed by atoms with E-state index in [9.17, 15) is 0 Å². The summed E-state index contributed by atoms with van der Waals surface area (Å²) in [6.45, 7) is 5.75. The summed E-state index contributed by atoms with van der Waals surface area (Å²) in [6, 6.07) is 4.06. The molecule has 0 bridgehead atoms. The second-order valence-electron chi connectivity index (χ2n) is 5.32. The molecule has 0 radical (unpaired) electrons. The maximum Gasteiger partial charge on any atom is 0.257 e. The molecule has 0 aromatic carbocycles. The van der Waals surface area contributed by atoms with E-state index in [1.165, 1.54) is 0 Å². The molecule has 1 atom stereocenters. The molecule has 0 saturated carbocycles. The van der Waals surface area contributed by atoms with Crippen LogP contribution in [0.2, 0.25) is 0 Å². The molecule has 1 aliphatic heterocycles. The van der Waals surface area contributed by atoms with Crippen LogP contribution in [0.25, 0.3) is 0 Å². The van der Waals surface area contributed by atoms with Gasteiger partial charge in [-0.2, -0.15) is 0 Å². The first-order chi connectivity index (χ1) is 11.3. The van der Waals surface area contributed by atoms with E-state index in [0.29, 0.717) is 25.1 Å². The molecule has 0 amide bonds. The van der Waals surface area contributed by atoms with E-state index in [1.807, 2.05) is 12.1 Å². The number of nitrogens with one attached hydrogen (secondary N) is 1. The lowest BCUT2D eigenvalue weighted by Gasteiger charge is -2.35. The van der Waals surface area contributed by atoms with Gasteiger partial charge in [0.1, 0.15) is 19.0 Å². The van der Waals surface area contributed by atoms with Crippen LogP contribution in [0, 0.1) is 0 Å². The first kappa shape index (κ1) is 15.5. The Morgan fingerprint density at radius 1 is 1.22 bits per heavy atom. The molecular weight excluding hydrogens is 294 g/mol. The molecule has 1 fully saturated rings. The summed E-state index contributed by atoms with van der Waals surface area (Å²) in [5.41, 5.74) is 0. The Hall–Kier alpha value is -2.41. The average molecular weight is 315 g/mol. The van der Waals surface area contributed by atoms with Gasteiger partial charge in [0.15, 0.2) is 5.82 Å². The van der Waals surface area contributed by atoms with Gasteiger partial charge < -0.3 is 19.7 Å². The average Bonchev–Trinajstić information content (AvgIpc) is 2.61. The lowest BCUT2D eigenvalue weighted by atomic mass is 10.2. The predicted octanol–water partition coefficient (Wildman–Crippen LogP) is 1.13. The van der Waals surface area contributed by atoms with Gasteiger partial charge in [0.25, 0.3) is 5.88 Å². The SMILES string of the molecule is CC1CNCCN1c1nccnc1OCCOc1cccnc1. The maximum absolute atomic E-state index is 5.78. The first-order valence-electron chi connectivity index (χ1n) is 7.78. The van der Waals surface area contributed by atoms with Crippen LogP contribution in [0.5, 0.6) is 11.6 Å². The Labute approximate surface area is 135 Å². The number of rotatable bonds is 6. The molecule has 3 heterocycles. The summed E-state index contributed by atoms with van der Waals surface area (Å²) >= 11 is 0. The van der Waals surface area contributed by atoms with Gasteiger partial charge in [-0.05, 0) is 19.1 Å². The summed E-state index contributed by atoms with van der Waals surface area (Å²) in [5.74, 6) is 2.07. The third kappa shape index (κ3) is 4.07. The monoisotopic (exact) mass is 315 g/mol. The molecule has 0 spiro atoms. The van der Waals surface area contributed by atoms with Crippen LogP contribution in [0.15, 0.2) is 36.9 Å². The normalized spacial score (nSPS) is 17.8. The molecule has 122 valence electrons. The fourth-order valence-electron chi connectivity index (χ4n) is 2.50. The minimum atomic E-state index is 0.356. The number of nitrogens with zero attached hydrogens (tertiary/aromatic N) is 4. The highest BCUT2D eigenvalue weighted by molar-refractivity contribution is 5.49. The number of hydrogen-bond donors (Lipinski definition) is 1. The van der Waals surface area contributed by atoms with Crippen molar-refractivity contribution >= 4 is 5.82 Å². The second-order valence-corrected chi connectivity index (χ2v) is 5.32. The summed E-state index contributed by atoms with van der Waals surface area (Å²) < 4.78 is 11.4. The number of pyridine rings is 1. The van der Waals surface area contributed by atoms with Crippen molar-refractivity contribution in [3.05, 3.63) is 36.9 Å². The van der Waals surface area contributed by atoms with Gasteiger partial charge in [-0.3, -0.25) is 4.98 Å². The molecule has 7 heteroatoms. The Balaban J connectivity index is 1.57. The fourth-order valence-corrected chi connectivity index (χ4v) is 2.50. The zero-order valence-corrected chi connectivity index (χ0v) is 13.2. The zero-order chi connectivity index (χ0) is 15.9. The molecule has 2 aromatic rings. The van der Waals surface area contributed by atoms with Gasteiger partial charge in [0.05, 0.1) is 6.20 Å². The highest BCUT2D eigenvalue weighted by Crippen LogP contribution is 2.25. The Morgan fingerprint density at radius 3 is 2.91 bits per heavy atom. The Bertz CT molecular complexity index is 610. The van der Waals surface area contributed by atoms with Gasteiger partial charge in [-0.1, -0.05) is 0 Å².